The van der Waals surface area contributed by atoms with E-state index in [-0.39, 0.29) is 18.1 Å². The van der Waals surface area contributed by atoms with Crippen LogP contribution in [0.15, 0.2) is 42.6 Å². The second kappa shape index (κ2) is 6.05. The van der Waals surface area contributed by atoms with Gasteiger partial charge in [-0.3, -0.25) is 0 Å². The fourth-order valence-corrected chi connectivity index (χ4v) is 3.16. The standard InChI is InChI=1S/C17H20ClN3O/c1-12(2)19-17(22)21-10-9-20-8-4-7-15(20)16(21)13-5-3-6-14(18)11-13/h3-8,11-12,16H,9-10H2,1-2H3,(H,19,22). The van der Waals surface area contributed by atoms with E-state index in [1.54, 1.807) is 0 Å². The molecule has 4 nitrogen and oxygen atoms in total. The average molecular weight is 318 g/mol. The maximum absolute atomic E-state index is 12.6. The van der Waals surface area contributed by atoms with Crippen LogP contribution in [-0.2, 0) is 6.54 Å². The summed E-state index contributed by atoms with van der Waals surface area (Å²) >= 11 is 6.15. The number of nitrogens with zero attached hydrogens (tertiary/aromatic N) is 2. The summed E-state index contributed by atoms with van der Waals surface area (Å²) in [5.41, 5.74) is 2.15. The van der Waals surface area contributed by atoms with Gasteiger partial charge in [-0.1, -0.05) is 23.7 Å². The number of nitrogens with one attached hydrogen (secondary N) is 1. The van der Waals surface area contributed by atoms with Gasteiger partial charge in [0.15, 0.2) is 0 Å². The molecule has 0 radical (unpaired) electrons. The van der Waals surface area contributed by atoms with E-state index >= 15 is 0 Å². The number of rotatable bonds is 2. The number of hydrogen-bond acceptors (Lipinski definition) is 1. The molecule has 1 aromatic carbocycles. The maximum atomic E-state index is 12.6. The fourth-order valence-electron chi connectivity index (χ4n) is 2.96. The molecule has 0 aliphatic carbocycles. The van der Waals surface area contributed by atoms with Crippen molar-refractivity contribution in [3.05, 3.63) is 58.9 Å². The number of carbonyl (C=O) groups excluding carboxylic acids is 1. The van der Waals surface area contributed by atoms with Crippen LogP contribution in [0.2, 0.25) is 5.02 Å². The van der Waals surface area contributed by atoms with Crippen molar-refractivity contribution in [3.8, 4) is 0 Å². The van der Waals surface area contributed by atoms with Crippen molar-refractivity contribution in [2.75, 3.05) is 6.54 Å². The molecule has 5 heteroatoms. The third-order valence-corrected chi connectivity index (χ3v) is 4.11. The van der Waals surface area contributed by atoms with Crippen LogP contribution in [-0.4, -0.2) is 28.1 Å². The first kappa shape index (κ1) is 15.0. The van der Waals surface area contributed by atoms with Gasteiger partial charge in [0.1, 0.15) is 0 Å². The van der Waals surface area contributed by atoms with Gasteiger partial charge in [0.2, 0.25) is 0 Å². The topological polar surface area (TPSA) is 37.3 Å². The average Bonchev–Trinajstić information content (AvgIpc) is 2.93. The number of halogens is 1. The first-order valence-corrected chi connectivity index (χ1v) is 7.91. The fraction of sp³-hybridized carbons (Fsp3) is 0.353. The summed E-state index contributed by atoms with van der Waals surface area (Å²) in [6, 6.07) is 11.8. The van der Waals surface area contributed by atoms with E-state index in [0.717, 1.165) is 17.8 Å². The Kier molecular flexibility index (Phi) is 4.12. The van der Waals surface area contributed by atoms with E-state index < -0.39 is 0 Å². The van der Waals surface area contributed by atoms with Gasteiger partial charge in [-0.25, -0.2) is 4.79 Å². The largest absolute Gasteiger partial charge is 0.348 e. The summed E-state index contributed by atoms with van der Waals surface area (Å²) in [5.74, 6) is 0. The summed E-state index contributed by atoms with van der Waals surface area (Å²) in [7, 11) is 0. The van der Waals surface area contributed by atoms with Crippen LogP contribution in [0.5, 0.6) is 0 Å². The second-order valence-corrected chi connectivity index (χ2v) is 6.32. The summed E-state index contributed by atoms with van der Waals surface area (Å²) in [6.07, 6.45) is 2.06. The second-order valence-electron chi connectivity index (χ2n) is 5.88. The van der Waals surface area contributed by atoms with Crippen LogP contribution < -0.4 is 5.32 Å². The van der Waals surface area contributed by atoms with E-state index in [4.69, 9.17) is 11.6 Å². The summed E-state index contributed by atoms with van der Waals surface area (Å²) in [5, 5.41) is 3.68. The number of amides is 2. The van der Waals surface area contributed by atoms with Gasteiger partial charge in [0.05, 0.1) is 6.04 Å². The number of aromatic nitrogens is 1. The van der Waals surface area contributed by atoms with Crippen LogP contribution in [0.1, 0.15) is 31.1 Å². The highest BCUT2D eigenvalue weighted by Gasteiger charge is 2.32. The highest BCUT2D eigenvalue weighted by Crippen LogP contribution is 2.33. The molecule has 22 heavy (non-hydrogen) atoms. The minimum atomic E-state index is -0.110. The SMILES string of the molecule is CC(C)NC(=O)N1CCn2cccc2C1c1cccc(Cl)c1. The molecule has 1 unspecified atom stereocenters. The lowest BCUT2D eigenvalue weighted by Crippen LogP contribution is -2.48. The highest BCUT2D eigenvalue weighted by molar-refractivity contribution is 6.30. The predicted octanol–water partition coefficient (Wildman–Crippen LogP) is 3.66. The Hall–Kier alpha value is -1.94. The monoisotopic (exact) mass is 317 g/mol. The molecule has 1 aromatic heterocycles. The van der Waals surface area contributed by atoms with E-state index in [1.165, 1.54) is 0 Å². The minimum absolute atomic E-state index is 0.0348. The zero-order valence-corrected chi connectivity index (χ0v) is 13.5. The zero-order valence-electron chi connectivity index (χ0n) is 12.8. The quantitative estimate of drug-likeness (QED) is 0.901. The van der Waals surface area contributed by atoms with E-state index in [0.29, 0.717) is 11.6 Å². The molecule has 0 fully saturated rings. The van der Waals surface area contributed by atoms with Gasteiger partial charge < -0.3 is 14.8 Å². The maximum Gasteiger partial charge on any atom is 0.318 e. The van der Waals surface area contributed by atoms with Gasteiger partial charge >= 0.3 is 6.03 Å². The van der Waals surface area contributed by atoms with Crippen LogP contribution in [0.25, 0.3) is 0 Å². The molecule has 0 spiro atoms. The lowest BCUT2D eigenvalue weighted by molar-refractivity contribution is 0.166. The van der Waals surface area contributed by atoms with Gasteiger partial charge in [-0.15, -0.1) is 0 Å². The minimum Gasteiger partial charge on any atom is -0.348 e. The Balaban J connectivity index is 2.01. The van der Waals surface area contributed by atoms with E-state index in [9.17, 15) is 4.79 Å². The molecule has 2 aromatic rings. The summed E-state index contributed by atoms with van der Waals surface area (Å²) in [4.78, 5) is 14.5. The Labute approximate surface area is 135 Å². The number of carbonyl (C=O) groups is 1. The van der Waals surface area contributed by atoms with Crippen LogP contribution >= 0.6 is 11.6 Å². The zero-order chi connectivity index (χ0) is 15.7. The first-order chi connectivity index (χ1) is 10.6. The van der Waals surface area contributed by atoms with E-state index in [1.807, 2.05) is 49.1 Å². The van der Waals surface area contributed by atoms with Crippen LogP contribution in [0, 0.1) is 0 Å². The van der Waals surface area contributed by atoms with Crippen molar-refractivity contribution in [1.29, 1.82) is 0 Å². The van der Waals surface area contributed by atoms with Crippen molar-refractivity contribution in [2.24, 2.45) is 0 Å². The van der Waals surface area contributed by atoms with Gasteiger partial charge in [-0.05, 0) is 43.7 Å². The molecule has 0 saturated carbocycles. The van der Waals surface area contributed by atoms with Gasteiger partial charge in [-0.2, -0.15) is 0 Å². The summed E-state index contributed by atoms with van der Waals surface area (Å²) < 4.78 is 2.20. The predicted molar refractivity (Wildman–Crippen MR) is 88.1 cm³/mol. The molecule has 1 aliphatic rings. The van der Waals surface area contributed by atoms with Crippen molar-refractivity contribution in [3.63, 3.8) is 0 Å². The smallest absolute Gasteiger partial charge is 0.318 e. The Morgan fingerprint density at radius 2 is 2.09 bits per heavy atom. The molecule has 1 N–H and O–H groups in total. The van der Waals surface area contributed by atoms with E-state index in [2.05, 4.69) is 22.1 Å². The van der Waals surface area contributed by atoms with Gasteiger partial charge in [0.25, 0.3) is 0 Å². The number of hydrogen-bond donors (Lipinski definition) is 1. The molecule has 3 rings (SSSR count). The molecule has 116 valence electrons. The highest BCUT2D eigenvalue weighted by atomic mass is 35.5. The normalized spacial score (nSPS) is 17.5. The molecule has 1 aliphatic heterocycles. The molecule has 1 atom stereocenters. The Morgan fingerprint density at radius 1 is 1.27 bits per heavy atom. The first-order valence-electron chi connectivity index (χ1n) is 7.54. The number of benzene rings is 1. The van der Waals surface area contributed by atoms with Crippen LogP contribution in [0.4, 0.5) is 4.79 Å². The molecule has 2 heterocycles. The van der Waals surface area contributed by atoms with Gasteiger partial charge in [0, 0.05) is 36.0 Å². The molecule has 2 amide bonds. The Morgan fingerprint density at radius 3 is 2.82 bits per heavy atom. The molecular weight excluding hydrogens is 298 g/mol. The number of urea groups is 1. The van der Waals surface area contributed by atoms with Crippen molar-refractivity contribution in [1.82, 2.24) is 14.8 Å². The van der Waals surface area contributed by atoms with Crippen LogP contribution in [0.3, 0.4) is 0 Å². The van der Waals surface area contributed by atoms with Crippen molar-refractivity contribution in [2.45, 2.75) is 32.5 Å². The third-order valence-electron chi connectivity index (χ3n) is 3.88. The number of fused-ring (bicyclic) bond motifs is 1. The molecule has 0 saturated heterocycles. The van der Waals surface area contributed by atoms with Crippen molar-refractivity contribution < 1.29 is 4.79 Å². The Bertz CT molecular complexity index is 680. The lowest BCUT2D eigenvalue weighted by atomic mass is 10.0. The molecular formula is C17H20ClN3O. The third kappa shape index (κ3) is 2.83. The molecule has 0 bridgehead atoms. The van der Waals surface area contributed by atoms with Crippen molar-refractivity contribution >= 4 is 17.6 Å². The summed E-state index contributed by atoms with van der Waals surface area (Å²) in [6.45, 7) is 5.43. The lowest BCUT2D eigenvalue weighted by Gasteiger charge is -2.37.